The molecule has 8 nitrogen and oxygen atoms in total. The number of amides is 2. The lowest BCUT2D eigenvalue weighted by Gasteiger charge is -2.25. The van der Waals surface area contributed by atoms with Gasteiger partial charge in [0.05, 0.1) is 6.10 Å². The molecule has 0 bridgehead atoms. The van der Waals surface area contributed by atoms with E-state index in [1.54, 1.807) is 20.8 Å². The smallest absolute Gasteiger partial charge is 0.408 e. The number of carbonyl (C=O) groups is 3. The molecule has 0 aliphatic carbocycles. The van der Waals surface area contributed by atoms with E-state index in [1.807, 2.05) is 30.3 Å². The number of aliphatic hydroxyl groups excluding tert-OH is 1. The molecule has 1 aromatic carbocycles. The molecule has 1 rings (SSSR count). The molecule has 0 unspecified atom stereocenters. The standard InChI is InChI=1S/C21H30N2O6/c1-6-12-28-19(26)17(14(2)24)23-18(25)16(13-15-10-8-7-9-11-15)22-20(27)29-21(3,4)5/h6-11,14,16-17,24H,1,12-13H2,2-5H3,(H,22,27)(H,23,25)/t14-,16+,17+/m1/s1. The van der Waals surface area contributed by atoms with Gasteiger partial charge in [-0.2, -0.15) is 0 Å². The van der Waals surface area contributed by atoms with Crippen LogP contribution in [0.15, 0.2) is 43.0 Å². The molecule has 0 aromatic heterocycles. The first-order valence-corrected chi connectivity index (χ1v) is 9.33. The van der Waals surface area contributed by atoms with Gasteiger partial charge in [0.25, 0.3) is 0 Å². The molecule has 0 aliphatic rings. The number of alkyl carbamates (subject to hydrolysis) is 1. The average molecular weight is 406 g/mol. The molecule has 0 spiro atoms. The molecule has 8 heteroatoms. The second kappa shape index (κ2) is 11.2. The lowest BCUT2D eigenvalue weighted by Crippen LogP contribution is -2.56. The summed E-state index contributed by atoms with van der Waals surface area (Å²) in [6, 6.07) is 6.75. The molecule has 0 aliphatic heterocycles. The van der Waals surface area contributed by atoms with Crippen molar-refractivity contribution < 1.29 is 29.0 Å². The summed E-state index contributed by atoms with van der Waals surface area (Å²) in [6.45, 7) is 9.87. The number of hydrogen-bond donors (Lipinski definition) is 3. The first-order valence-electron chi connectivity index (χ1n) is 9.33. The van der Waals surface area contributed by atoms with Crippen LogP contribution in [0.3, 0.4) is 0 Å². The van der Waals surface area contributed by atoms with Crippen LogP contribution in [0.1, 0.15) is 33.3 Å². The summed E-state index contributed by atoms with van der Waals surface area (Å²) in [5.41, 5.74) is 0.0562. The van der Waals surface area contributed by atoms with Crippen LogP contribution in [-0.4, -0.2) is 53.5 Å². The number of rotatable bonds is 9. The van der Waals surface area contributed by atoms with Gasteiger partial charge in [0.2, 0.25) is 5.91 Å². The number of carbonyl (C=O) groups excluding carboxylic acids is 3. The second-order valence-electron chi connectivity index (χ2n) is 7.53. The quantitative estimate of drug-likeness (QED) is 0.425. The fraction of sp³-hybridized carbons (Fsp3) is 0.476. The average Bonchev–Trinajstić information content (AvgIpc) is 2.62. The Morgan fingerprint density at radius 3 is 2.31 bits per heavy atom. The first kappa shape index (κ1) is 24.2. The SMILES string of the molecule is C=CCOC(=O)[C@@H](NC(=O)[C@H](Cc1ccccc1)NC(=O)OC(C)(C)C)[C@@H](C)O. The molecule has 0 heterocycles. The van der Waals surface area contributed by atoms with E-state index in [0.29, 0.717) is 0 Å². The highest BCUT2D eigenvalue weighted by atomic mass is 16.6. The molecule has 2 amide bonds. The maximum atomic E-state index is 12.8. The molecule has 0 radical (unpaired) electrons. The minimum absolute atomic E-state index is 0.0540. The van der Waals surface area contributed by atoms with Crippen LogP contribution >= 0.6 is 0 Å². The van der Waals surface area contributed by atoms with E-state index < -0.39 is 41.8 Å². The van der Waals surface area contributed by atoms with Crippen molar-refractivity contribution in [2.45, 2.75) is 57.9 Å². The van der Waals surface area contributed by atoms with Crippen molar-refractivity contribution in [3.63, 3.8) is 0 Å². The van der Waals surface area contributed by atoms with Gasteiger partial charge in [-0.1, -0.05) is 43.0 Å². The maximum Gasteiger partial charge on any atom is 0.408 e. The molecular formula is C21H30N2O6. The summed E-state index contributed by atoms with van der Waals surface area (Å²) in [7, 11) is 0. The number of hydrogen-bond acceptors (Lipinski definition) is 6. The summed E-state index contributed by atoms with van der Waals surface area (Å²) in [5.74, 6) is -1.45. The number of aliphatic hydroxyl groups is 1. The summed E-state index contributed by atoms with van der Waals surface area (Å²) < 4.78 is 10.1. The van der Waals surface area contributed by atoms with Crippen molar-refractivity contribution in [1.29, 1.82) is 0 Å². The maximum absolute atomic E-state index is 12.8. The van der Waals surface area contributed by atoms with Crippen molar-refractivity contribution in [2.24, 2.45) is 0 Å². The Bertz CT molecular complexity index is 697. The van der Waals surface area contributed by atoms with E-state index in [4.69, 9.17) is 9.47 Å². The van der Waals surface area contributed by atoms with Gasteiger partial charge >= 0.3 is 12.1 Å². The molecule has 1 aromatic rings. The number of benzene rings is 1. The predicted molar refractivity (Wildman–Crippen MR) is 108 cm³/mol. The zero-order valence-corrected chi connectivity index (χ0v) is 17.3. The van der Waals surface area contributed by atoms with E-state index in [1.165, 1.54) is 13.0 Å². The fourth-order valence-electron chi connectivity index (χ4n) is 2.37. The molecule has 3 N–H and O–H groups in total. The van der Waals surface area contributed by atoms with Gasteiger partial charge < -0.3 is 25.2 Å². The Balaban J connectivity index is 2.96. The monoisotopic (exact) mass is 406 g/mol. The molecule has 29 heavy (non-hydrogen) atoms. The fourth-order valence-corrected chi connectivity index (χ4v) is 2.37. The van der Waals surface area contributed by atoms with E-state index in [2.05, 4.69) is 17.2 Å². The summed E-state index contributed by atoms with van der Waals surface area (Å²) in [6.07, 6.45) is -0.423. The van der Waals surface area contributed by atoms with Crippen LogP contribution in [0.25, 0.3) is 0 Å². The summed E-state index contributed by atoms with van der Waals surface area (Å²) in [5, 5.41) is 14.9. The highest BCUT2D eigenvalue weighted by Crippen LogP contribution is 2.09. The van der Waals surface area contributed by atoms with Gasteiger partial charge in [-0.25, -0.2) is 9.59 Å². The van der Waals surface area contributed by atoms with Gasteiger partial charge in [-0.05, 0) is 33.3 Å². The lowest BCUT2D eigenvalue weighted by atomic mass is 10.0. The molecule has 0 saturated heterocycles. The molecule has 160 valence electrons. The predicted octanol–water partition coefficient (Wildman–Crippen LogP) is 1.72. The minimum atomic E-state index is -1.29. The molecule has 3 atom stereocenters. The van der Waals surface area contributed by atoms with Crippen molar-refractivity contribution in [1.82, 2.24) is 10.6 Å². The Morgan fingerprint density at radius 2 is 1.79 bits per heavy atom. The van der Waals surface area contributed by atoms with Crippen LogP contribution in [-0.2, 0) is 25.5 Å². The minimum Gasteiger partial charge on any atom is -0.460 e. The van der Waals surface area contributed by atoms with Crippen molar-refractivity contribution in [3.05, 3.63) is 48.6 Å². The van der Waals surface area contributed by atoms with E-state index in [-0.39, 0.29) is 13.0 Å². The van der Waals surface area contributed by atoms with E-state index in [9.17, 15) is 19.5 Å². The Hall–Kier alpha value is -2.87. The zero-order chi connectivity index (χ0) is 22.0. The van der Waals surface area contributed by atoms with Gasteiger partial charge in [0.1, 0.15) is 18.2 Å². The number of esters is 1. The van der Waals surface area contributed by atoms with Crippen LogP contribution in [0.4, 0.5) is 4.79 Å². The largest absolute Gasteiger partial charge is 0.460 e. The van der Waals surface area contributed by atoms with Gasteiger partial charge in [-0.3, -0.25) is 4.79 Å². The molecule has 0 saturated carbocycles. The Labute approximate surface area is 171 Å². The zero-order valence-electron chi connectivity index (χ0n) is 17.3. The molecular weight excluding hydrogens is 376 g/mol. The highest BCUT2D eigenvalue weighted by molar-refractivity contribution is 5.90. The van der Waals surface area contributed by atoms with E-state index >= 15 is 0 Å². The van der Waals surface area contributed by atoms with Crippen LogP contribution in [0.5, 0.6) is 0 Å². The second-order valence-corrected chi connectivity index (χ2v) is 7.53. The van der Waals surface area contributed by atoms with Crippen molar-refractivity contribution >= 4 is 18.0 Å². The highest BCUT2D eigenvalue weighted by Gasteiger charge is 2.31. The van der Waals surface area contributed by atoms with Gasteiger partial charge in [-0.15, -0.1) is 0 Å². The first-order chi connectivity index (χ1) is 13.5. The Kier molecular flexibility index (Phi) is 9.34. The third-order valence-electron chi connectivity index (χ3n) is 3.67. The van der Waals surface area contributed by atoms with Crippen molar-refractivity contribution in [3.8, 4) is 0 Å². The number of nitrogens with one attached hydrogen (secondary N) is 2. The Morgan fingerprint density at radius 1 is 1.17 bits per heavy atom. The topological polar surface area (TPSA) is 114 Å². The van der Waals surface area contributed by atoms with Crippen molar-refractivity contribution in [2.75, 3.05) is 6.61 Å². The summed E-state index contributed by atoms with van der Waals surface area (Å²) in [4.78, 5) is 37.1. The van der Waals surface area contributed by atoms with E-state index in [0.717, 1.165) is 5.56 Å². The third-order valence-corrected chi connectivity index (χ3v) is 3.67. The van der Waals surface area contributed by atoms with Crippen LogP contribution in [0, 0.1) is 0 Å². The van der Waals surface area contributed by atoms with Gasteiger partial charge in [0.15, 0.2) is 6.04 Å². The third kappa shape index (κ3) is 9.25. The number of ether oxygens (including phenoxy) is 2. The molecule has 0 fully saturated rings. The lowest BCUT2D eigenvalue weighted by molar-refractivity contribution is -0.149. The van der Waals surface area contributed by atoms with Gasteiger partial charge in [0, 0.05) is 6.42 Å². The normalized spacial score (nSPS) is 14.1. The van der Waals surface area contributed by atoms with Crippen LogP contribution in [0.2, 0.25) is 0 Å². The summed E-state index contributed by atoms with van der Waals surface area (Å²) >= 11 is 0. The van der Waals surface area contributed by atoms with Crippen LogP contribution < -0.4 is 10.6 Å².